The van der Waals surface area contributed by atoms with E-state index in [2.05, 4.69) is 10.1 Å². The molecule has 0 fully saturated rings. The van der Waals surface area contributed by atoms with Gasteiger partial charge in [-0.1, -0.05) is 29.8 Å². The zero-order valence-corrected chi connectivity index (χ0v) is 14.3. The molecule has 0 unspecified atom stereocenters. The average Bonchev–Trinajstić information content (AvgIpc) is 2.57. The molecule has 25 heavy (non-hydrogen) atoms. The van der Waals surface area contributed by atoms with Crippen LogP contribution in [0.15, 0.2) is 42.5 Å². The molecule has 0 aliphatic heterocycles. The molecule has 2 rings (SSSR count). The van der Waals surface area contributed by atoms with Crippen LogP contribution in [0, 0.1) is 6.92 Å². The lowest BCUT2D eigenvalue weighted by molar-refractivity contribution is -0.131. The molecule has 0 radical (unpaired) electrons. The standard InChI is InChI=1S/C19H19NO5/c1-12-4-6-14(7-5-12)10-18(22)20-15-8-9-17(25-13(2)21)16(11-15)19(23)24-3/h4-9,11H,10H2,1-3H3,(H,20,22). The SMILES string of the molecule is COC(=O)c1cc(NC(=O)Cc2ccc(C)cc2)ccc1OC(C)=O. The normalized spacial score (nSPS) is 10.0. The van der Waals surface area contributed by atoms with E-state index in [1.54, 1.807) is 6.07 Å². The first-order valence-corrected chi connectivity index (χ1v) is 7.65. The smallest absolute Gasteiger partial charge is 0.341 e. The highest BCUT2D eigenvalue weighted by molar-refractivity contribution is 5.97. The third-order valence-electron chi connectivity index (χ3n) is 3.41. The van der Waals surface area contributed by atoms with Crippen molar-refractivity contribution < 1.29 is 23.9 Å². The van der Waals surface area contributed by atoms with E-state index in [4.69, 9.17) is 4.74 Å². The molecule has 0 spiro atoms. The zero-order valence-electron chi connectivity index (χ0n) is 14.3. The lowest BCUT2D eigenvalue weighted by atomic mass is 10.1. The summed E-state index contributed by atoms with van der Waals surface area (Å²) in [6.45, 7) is 3.21. The van der Waals surface area contributed by atoms with Crippen molar-refractivity contribution in [1.82, 2.24) is 0 Å². The maximum absolute atomic E-state index is 12.2. The Morgan fingerprint density at radius 3 is 2.32 bits per heavy atom. The zero-order chi connectivity index (χ0) is 18.4. The van der Waals surface area contributed by atoms with Crippen molar-refractivity contribution in [2.45, 2.75) is 20.3 Å². The number of methoxy groups -OCH3 is 1. The molecule has 0 saturated heterocycles. The van der Waals surface area contributed by atoms with Gasteiger partial charge in [0.25, 0.3) is 0 Å². The Balaban J connectivity index is 2.15. The van der Waals surface area contributed by atoms with Gasteiger partial charge in [-0.3, -0.25) is 9.59 Å². The number of carbonyl (C=O) groups excluding carboxylic acids is 3. The van der Waals surface area contributed by atoms with Crippen LogP contribution in [0.2, 0.25) is 0 Å². The number of ether oxygens (including phenoxy) is 2. The van der Waals surface area contributed by atoms with Crippen LogP contribution >= 0.6 is 0 Å². The Morgan fingerprint density at radius 2 is 1.72 bits per heavy atom. The summed E-state index contributed by atoms with van der Waals surface area (Å²) >= 11 is 0. The van der Waals surface area contributed by atoms with Crippen molar-refractivity contribution in [2.75, 3.05) is 12.4 Å². The van der Waals surface area contributed by atoms with Gasteiger partial charge >= 0.3 is 11.9 Å². The van der Waals surface area contributed by atoms with Crippen molar-refractivity contribution in [2.24, 2.45) is 0 Å². The van der Waals surface area contributed by atoms with Crippen molar-refractivity contribution >= 4 is 23.5 Å². The molecule has 1 amide bonds. The summed E-state index contributed by atoms with van der Waals surface area (Å²) in [4.78, 5) is 35.1. The van der Waals surface area contributed by atoms with E-state index in [0.717, 1.165) is 11.1 Å². The predicted molar refractivity (Wildman–Crippen MR) is 92.6 cm³/mol. The first kappa shape index (κ1) is 18.2. The molecule has 1 N–H and O–H groups in total. The van der Waals surface area contributed by atoms with Crippen molar-refractivity contribution in [3.8, 4) is 5.75 Å². The molecule has 0 atom stereocenters. The summed E-state index contributed by atoms with van der Waals surface area (Å²) < 4.78 is 9.67. The third kappa shape index (κ3) is 5.17. The number of nitrogens with one attached hydrogen (secondary N) is 1. The highest BCUT2D eigenvalue weighted by Gasteiger charge is 2.16. The highest BCUT2D eigenvalue weighted by atomic mass is 16.5. The molecule has 0 bridgehead atoms. The summed E-state index contributed by atoms with van der Waals surface area (Å²) in [5.41, 5.74) is 2.47. The van der Waals surface area contributed by atoms with Crippen molar-refractivity contribution in [3.05, 3.63) is 59.2 Å². The molecule has 0 saturated carbocycles. The molecule has 0 aliphatic carbocycles. The van der Waals surface area contributed by atoms with Gasteiger partial charge in [0.1, 0.15) is 11.3 Å². The lowest BCUT2D eigenvalue weighted by Crippen LogP contribution is -2.15. The van der Waals surface area contributed by atoms with E-state index in [0.29, 0.717) is 5.69 Å². The monoisotopic (exact) mass is 341 g/mol. The summed E-state index contributed by atoms with van der Waals surface area (Å²) in [6, 6.07) is 12.1. The van der Waals surface area contributed by atoms with Gasteiger partial charge in [0.2, 0.25) is 5.91 Å². The highest BCUT2D eigenvalue weighted by Crippen LogP contribution is 2.24. The van der Waals surface area contributed by atoms with E-state index in [9.17, 15) is 14.4 Å². The number of aryl methyl sites for hydroxylation is 1. The summed E-state index contributed by atoms with van der Waals surface area (Å²) in [5.74, 6) is -1.36. The molecule has 130 valence electrons. The minimum absolute atomic E-state index is 0.0610. The lowest BCUT2D eigenvalue weighted by Gasteiger charge is -2.11. The fourth-order valence-corrected chi connectivity index (χ4v) is 2.22. The molecule has 0 aliphatic rings. The molecule has 0 heterocycles. The van der Waals surface area contributed by atoms with Crippen LogP contribution in [0.4, 0.5) is 5.69 Å². The minimum atomic E-state index is -0.661. The van der Waals surface area contributed by atoms with E-state index >= 15 is 0 Å². The van der Waals surface area contributed by atoms with Gasteiger partial charge in [0, 0.05) is 12.6 Å². The quantitative estimate of drug-likeness (QED) is 0.668. The first-order valence-electron chi connectivity index (χ1n) is 7.65. The molecular weight excluding hydrogens is 322 g/mol. The van der Waals surface area contributed by atoms with Crippen LogP contribution < -0.4 is 10.1 Å². The molecule has 0 aromatic heterocycles. The second-order valence-electron chi connectivity index (χ2n) is 5.51. The van der Waals surface area contributed by atoms with E-state index in [1.165, 1.54) is 26.2 Å². The maximum atomic E-state index is 12.2. The largest absolute Gasteiger partial charge is 0.465 e. The Morgan fingerprint density at radius 1 is 1.04 bits per heavy atom. The predicted octanol–water partition coefficient (Wildman–Crippen LogP) is 2.89. The Hall–Kier alpha value is -3.15. The van der Waals surface area contributed by atoms with Crippen molar-refractivity contribution in [3.63, 3.8) is 0 Å². The van der Waals surface area contributed by atoms with Gasteiger partial charge in [-0.15, -0.1) is 0 Å². The number of amides is 1. The second-order valence-corrected chi connectivity index (χ2v) is 5.51. The van der Waals surface area contributed by atoms with Crippen LogP contribution in [0.5, 0.6) is 5.75 Å². The fraction of sp³-hybridized carbons (Fsp3) is 0.211. The van der Waals surface area contributed by atoms with Crippen molar-refractivity contribution in [1.29, 1.82) is 0 Å². The van der Waals surface area contributed by atoms with Gasteiger partial charge in [-0.25, -0.2) is 4.79 Å². The number of anilines is 1. The number of rotatable bonds is 5. The summed E-state index contributed by atoms with van der Waals surface area (Å²) in [7, 11) is 1.22. The topological polar surface area (TPSA) is 81.7 Å². The van der Waals surface area contributed by atoms with Crippen LogP contribution in [0.25, 0.3) is 0 Å². The van der Waals surface area contributed by atoms with Crippen LogP contribution in [-0.2, 0) is 20.7 Å². The number of hydrogen-bond donors (Lipinski definition) is 1. The van der Waals surface area contributed by atoms with Crippen LogP contribution in [-0.4, -0.2) is 25.0 Å². The fourth-order valence-electron chi connectivity index (χ4n) is 2.22. The molecule has 2 aromatic rings. The van der Waals surface area contributed by atoms with Gasteiger partial charge < -0.3 is 14.8 Å². The average molecular weight is 341 g/mol. The molecule has 6 heteroatoms. The van der Waals surface area contributed by atoms with Gasteiger partial charge in [-0.2, -0.15) is 0 Å². The number of carbonyl (C=O) groups is 3. The number of hydrogen-bond acceptors (Lipinski definition) is 5. The van der Waals surface area contributed by atoms with Gasteiger partial charge in [0.15, 0.2) is 0 Å². The molecule has 6 nitrogen and oxygen atoms in total. The van der Waals surface area contributed by atoms with Crippen LogP contribution in [0.1, 0.15) is 28.4 Å². The maximum Gasteiger partial charge on any atom is 0.341 e. The Kier molecular flexibility index (Phi) is 5.89. The van der Waals surface area contributed by atoms with E-state index in [-0.39, 0.29) is 23.6 Å². The molecular formula is C19H19NO5. The van der Waals surface area contributed by atoms with Gasteiger partial charge in [-0.05, 0) is 30.7 Å². The Bertz CT molecular complexity index is 796. The molecule has 2 aromatic carbocycles. The second kappa shape index (κ2) is 8.10. The van der Waals surface area contributed by atoms with Crippen LogP contribution in [0.3, 0.4) is 0 Å². The van der Waals surface area contributed by atoms with E-state index < -0.39 is 11.9 Å². The number of esters is 2. The van der Waals surface area contributed by atoms with E-state index in [1.807, 2.05) is 31.2 Å². The number of benzene rings is 2. The Labute approximate surface area is 145 Å². The third-order valence-corrected chi connectivity index (χ3v) is 3.41. The first-order chi connectivity index (χ1) is 11.9. The summed E-state index contributed by atoms with van der Waals surface area (Å²) in [6.07, 6.45) is 0.208. The van der Waals surface area contributed by atoms with Gasteiger partial charge in [0.05, 0.1) is 13.5 Å². The minimum Gasteiger partial charge on any atom is -0.465 e. The summed E-state index contributed by atoms with van der Waals surface area (Å²) in [5, 5.41) is 2.72.